The molecular weight excluding hydrogens is 506 g/mol. The third kappa shape index (κ3) is 29.4. The second-order valence-electron chi connectivity index (χ2n) is 6.39. The second kappa shape index (κ2) is 22.8. The average molecular weight is 545 g/mol. The van der Waals surface area contributed by atoms with Crippen molar-refractivity contribution < 1.29 is 55.7 Å². The van der Waals surface area contributed by atoms with Crippen LogP contribution in [0.3, 0.4) is 0 Å². The van der Waals surface area contributed by atoms with E-state index in [2.05, 4.69) is 51.3 Å². The molecule has 36 heavy (non-hydrogen) atoms. The fraction of sp³-hybridized carbons (Fsp3) is 0.800. The summed E-state index contributed by atoms with van der Waals surface area (Å²) in [6, 6.07) is 0. The number of nitrogens with one attached hydrogen (secondary N) is 2. The Morgan fingerprint density at radius 1 is 0.556 bits per heavy atom. The van der Waals surface area contributed by atoms with Gasteiger partial charge >= 0.3 is 36.1 Å². The molecule has 0 aliphatic rings. The number of alkyl halides is 6. The molecule has 0 radical (unpaired) electrons. The number of hydrogen-bond donors (Lipinski definition) is 4. The van der Waals surface area contributed by atoms with Gasteiger partial charge in [0, 0.05) is 0 Å². The van der Waals surface area contributed by atoms with E-state index in [1.54, 1.807) is 0 Å². The number of carbonyl (C=O) groups excluding carboxylic acids is 2. The molecule has 0 fully saturated rings. The average Bonchev–Trinajstić information content (AvgIpc) is 2.78. The Labute approximate surface area is 207 Å². The molecule has 0 aliphatic carbocycles. The van der Waals surface area contributed by atoms with E-state index in [-0.39, 0.29) is 0 Å². The minimum Gasteiger partial charge on any atom is -0.480 e. The summed E-state index contributed by atoms with van der Waals surface area (Å²) in [5.41, 5.74) is 0. The van der Waals surface area contributed by atoms with Crippen LogP contribution < -0.4 is 10.6 Å². The van der Waals surface area contributed by atoms with Crippen molar-refractivity contribution in [1.29, 1.82) is 0 Å². The van der Waals surface area contributed by atoms with Gasteiger partial charge in [-0.1, -0.05) is 41.5 Å². The molecule has 0 aliphatic heterocycles. The van der Waals surface area contributed by atoms with E-state index in [4.69, 9.17) is 10.2 Å². The number of halogens is 6. The Bertz CT molecular complexity index is 547. The van der Waals surface area contributed by atoms with Gasteiger partial charge in [0.1, 0.15) is 13.1 Å². The number of carbonyl (C=O) groups is 4. The van der Waals surface area contributed by atoms with Gasteiger partial charge in [0.15, 0.2) is 0 Å². The summed E-state index contributed by atoms with van der Waals surface area (Å²) in [5, 5.41) is 18.0. The number of aliphatic carboxylic acids is 2. The summed E-state index contributed by atoms with van der Waals surface area (Å²) in [6.07, 6.45) is -10.0. The highest BCUT2D eigenvalue weighted by atomic mass is 19.4. The zero-order valence-corrected chi connectivity index (χ0v) is 21.3. The Hall–Kier alpha value is -2.62. The first-order valence-corrected chi connectivity index (χ1v) is 11.0. The quantitative estimate of drug-likeness (QED) is 0.307. The van der Waals surface area contributed by atoms with Gasteiger partial charge in [-0.25, -0.2) is 0 Å². The van der Waals surface area contributed by atoms with Gasteiger partial charge in [0.2, 0.25) is 0 Å². The summed E-state index contributed by atoms with van der Waals surface area (Å²) in [7, 11) is 0. The highest BCUT2D eigenvalue weighted by Gasteiger charge is 2.39. The molecule has 0 atom stereocenters. The van der Waals surface area contributed by atoms with E-state index in [9.17, 15) is 45.5 Å². The van der Waals surface area contributed by atoms with Crippen molar-refractivity contribution >= 4 is 23.8 Å². The van der Waals surface area contributed by atoms with Gasteiger partial charge in [-0.2, -0.15) is 26.3 Å². The maximum atomic E-state index is 11.3. The predicted octanol–water partition coefficient (Wildman–Crippen LogP) is 2.20. The molecule has 0 aromatic carbocycles. The van der Waals surface area contributed by atoms with E-state index in [0.717, 1.165) is 10.6 Å². The SMILES string of the molecule is CCN(CC)CC.CCN(CC)CC.O=C(O)CNC(=O)C(F)(F)F.O=C(O)CNC(=O)C(F)(F)F. The molecule has 0 saturated heterocycles. The van der Waals surface area contributed by atoms with E-state index in [0.29, 0.717) is 0 Å². The highest BCUT2D eigenvalue weighted by Crippen LogP contribution is 2.14. The van der Waals surface area contributed by atoms with Crippen molar-refractivity contribution in [3.8, 4) is 0 Å². The van der Waals surface area contributed by atoms with E-state index >= 15 is 0 Å². The minimum atomic E-state index is -5.02. The van der Waals surface area contributed by atoms with E-state index in [1.807, 2.05) is 0 Å². The third-order valence-electron chi connectivity index (χ3n) is 4.00. The van der Waals surface area contributed by atoms with Gasteiger partial charge in [0.25, 0.3) is 0 Å². The number of carboxylic acids is 2. The van der Waals surface area contributed by atoms with Crippen LogP contribution in [0.15, 0.2) is 0 Å². The Balaban J connectivity index is -0.000000194. The van der Waals surface area contributed by atoms with Gasteiger partial charge in [-0.05, 0) is 39.3 Å². The topological polar surface area (TPSA) is 139 Å². The van der Waals surface area contributed by atoms with Crippen molar-refractivity contribution in [1.82, 2.24) is 20.4 Å². The largest absolute Gasteiger partial charge is 0.480 e. The maximum Gasteiger partial charge on any atom is 0.471 e. The minimum absolute atomic E-state index is 1.03. The first-order valence-electron chi connectivity index (χ1n) is 11.0. The van der Waals surface area contributed by atoms with Crippen LogP contribution in [0, 0.1) is 0 Å². The van der Waals surface area contributed by atoms with Crippen molar-refractivity contribution in [2.24, 2.45) is 0 Å². The maximum absolute atomic E-state index is 11.3. The van der Waals surface area contributed by atoms with Crippen LogP contribution >= 0.6 is 0 Å². The first-order chi connectivity index (χ1) is 16.4. The first kappa shape index (κ1) is 40.5. The molecular formula is C20H38F6N4O6. The molecule has 0 unspecified atom stereocenters. The monoisotopic (exact) mass is 544 g/mol. The normalized spacial score (nSPS) is 10.6. The van der Waals surface area contributed by atoms with Crippen molar-refractivity contribution in [2.45, 2.75) is 53.9 Å². The van der Waals surface area contributed by atoms with Crippen molar-refractivity contribution in [3.05, 3.63) is 0 Å². The molecule has 0 saturated carbocycles. The van der Waals surface area contributed by atoms with Crippen LogP contribution in [0.25, 0.3) is 0 Å². The van der Waals surface area contributed by atoms with E-state index < -0.39 is 49.2 Å². The molecule has 16 heteroatoms. The second-order valence-corrected chi connectivity index (χ2v) is 6.39. The molecule has 216 valence electrons. The van der Waals surface area contributed by atoms with Gasteiger partial charge < -0.3 is 30.6 Å². The molecule has 0 aromatic rings. The zero-order chi connectivity index (χ0) is 29.5. The number of rotatable bonds is 10. The number of carboxylic acid groups (broad SMARTS) is 2. The van der Waals surface area contributed by atoms with Crippen molar-refractivity contribution in [2.75, 3.05) is 52.4 Å². The van der Waals surface area contributed by atoms with Crippen LogP contribution in [0.1, 0.15) is 41.5 Å². The molecule has 0 bridgehead atoms. The standard InChI is InChI=1S/2C6H15N.2C4H4F3NO3/c2*1-4-7(5-2)6-3;2*5-4(6,7)3(11)8-1-2(9)10/h2*4-6H2,1-3H3;2*1H2,(H,8,11)(H,9,10). The lowest BCUT2D eigenvalue weighted by Crippen LogP contribution is -2.39. The summed E-state index contributed by atoms with van der Waals surface area (Å²) in [6.45, 7) is 18.2. The smallest absolute Gasteiger partial charge is 0.471 e. The summed E-state index contributed by atoms with van der Waals surface area (Å²) in [5.74, 6) is -7.55. The predicted molar refractivity (Wildman–Crippen MR) is 120 cm³/mol. The molecule has 10 nitrogen and oxygen atoms in total. The Morgan fingerprint density at radius 3 is 0.833 bits per heavy atom. The molecule has 0 rings (SSSR count). The number of nitrogens with zero attached hydrogens (tertiary/aromatic N) is 2. The number of hydrogen-bond acceptors (Lipinski definition) is 6. The summed E-state index contributed by atoms with van der Waals surface area (Å²) < 4.78 is 67.8. The van der Waals surface area contributed by atoms with Crippen molar-refractivity contribution in [3.63, 3.8) is 0 Å². The molecule has 0 heterocycles. The molecule has 2 amide bonds. The Kier molecular flexibility index (Phi) is 25.7. The lowest BCUT2D eigenvalue weighted by atomic mass is 10.5. The summed E-state index contributed by atoms with van der Waals surface area (Å²) in [4.78, 5) is 43.8. The Morgan fingerprint density at radius 2 is 0.750 bits per heavy atom. The summed E-state index contributed by atoms with van der Waals surface area (Å²) >= 11 is 0. The van der Waals surface area contributed by atoms with Crippen LogP contribution in [0.5, 0.6) is 0 Å². The number of amides is 2. The fourth-order valence-corrected chi connectivity index (χ4v) is 1.85. The van der Waals surface area contributed by atoms with Gasteiger partial charge in [0.05, 0.1) is 0 Å². The fourth-order valence-electron chi connectivity index (χ4n) is 1.85. The van der Waals surface area contributed by atoms with Crippen LogP contribution in [0.2, 0.25) is 0 Å². The molecule has 4 N–H and O–H groups in total. The lowest BCUT2D eigenvalue weighted by molar-refractivity contribution is -0.174. The van der Waals surface area contributed by atoms with Gasteiger partial charge in [-0.15, -0.1) is 0 Å². The third-order valence-corrected chi connectivity index (χ3v) is 4.00. The van der Waals surface area contributed by atoms with Crippen LogP contribution in [-0.4, -0.2) is 108 Å². The molecule has 0 spiro atoms. The highest BCUT2D eigenvalue weighted by molar-refractivity contribution is 5.85. The zero-order valence-electron chi connectivity index (χ0n) is 21.3. The lowest BCUT2D eigenvalue weighted by Gasteiger charge is -2.13. The van der Waals surface area contributed by atoms with Gasteiger partial charge in [-0.3, -0.25) is 19.2 Å². The molecule has 0 aromatic heterocycles. The van der Waals surface area contributed by atoms with E-state index in [1.165, 1.54) is 39.3 Å². The van der Waals surface area contributed by atoms with Crippen LogP contribution in [-0.2, 0) is 19.2 Å². The van der Waals surface area contributed by atoms with Crippen LogP contribution in [0.4, 0.5) is 26.3 Å².